The molecule has 138 valence electrons. The molecule has 0 bridgehead atoms. The van der Waals surface area contributed by atoms with Crippen LogP contribution in [0.2, 0.25) is 6.82 Å². The van der Waals surface area contributed by atoms with E-state index in [0.29, 0.717) is 13.0 Å². The van der Waals surface area contributed by atoms with Gasteiger partial charge in [0.05, 0.1) is 6.10 Å². The summed E-state index contributed by atoms with van der Waals surface area (Å²) in [5.41, 5.74) is 0. The van der Waals surface area contributed by atoms with Gasteiger partial charge >= 0.3 is 7.12 Å². The number of unbranched alkanes of at least 4 members (excludes halogenated alkanes) is 12. The van der Waals surface area contributed by atoms with Gasteiger partial charge in [0, 0.05) is 6.61 Å². The van der Waals surface area contributed by atoms with Crippen LogP contribution < -0.4 is 0 Å². The lowest BCUT2D eigenvalue weighted by Crippen LogP contribution is -2.17. The third-order valence-corrected chi connectivity index (χ3v) is 4.45. The highest BCUT2D eigenvalue weighted by Gasteiger charge is 2.07. The van der Waals surface area contributed by atoms with Crippen molar-refractivity contribution in [2.75, 3.05) is 6.61 Å². The van der Waals surface area contributed by atoms with E-state index < -0.39 is 7.12 Å². The Morgan fingerprint density at radius 3 is 1.61 bits per heavy atom. The molecule has 0 aromatic carbocycles. The van der Waals surface area contributed by atoms with Gasteiger partial charge in [-0.15, -0.1) is 0 Å². The number of aliphatic hydroxyl groups excluding tert-OH is 1. The summed E-state index contributed by atoms with van der Waals surface area (Å²) in [6.07, 6.45) is 18.8. The molecule has 1 unspecified atom stereocenters. The summed E-state index contributed by atoms with van der Waals surface area (Å²) in [6.45, 7) is 4.31. The summed E-state index contributed by atoms with van der Waals surface area (Å²) in [5.74, 6) is 0. The molecule has 0 aliphatic carbocycles. The lowest BCUT2D eigenvalue weighted by molar-refractivity contribution is 0.122. The average molecular weight is 328 g/mol. The van der Waals surface area contributed by atoms with Gasteiger partial charge in [-0.05, 0) is 19.7 Å². The molecule has 1 atom stereocenters. The highest BCUT2D eigenvalue weighted by Crippen LogP contribution is 2.13. The van der Waals surface area contributed by atoms with Gasteiger partial charge in [-0.2, -0.15) is 0 Å². The molecule has 0 aliphatic heterocycles. The van der Waals surface area contributed by atoms with Crippen LogP contribution in [0.25, 0.3) is 0 Å². The van der Waals surface area contributed by atoms with Crippen molar-refractivity contribution in [1.82, 2.24) is 0 Å². The summed E-state index contributed by atoms with van der Waals surface area (Å²) in [4.78, 5) is 0. The zero-order valence-electron chi connectivity index (χ0n) is 15.8. The maximum Gasteiger partial charge on any atom is 0.450 e. The van der Waals surface area contributed by atoms with E-state index in [0.717, 1.165) is 12.8 Å². The van der Waals surface area contributed by atoms with E-state index in [9.17, 15) is 5.11 Å². The minimum Gasteiger partial charge on any atom is -0.427 e. The van der Waals surface area contributed by atoms with Crippen LogP contribution in [0.3, 0.4) is 0 Å². The fourth-order valence-electron chi connectivity index (χ4n) is 2.92. The number of aliphatic hydroxyl groups is 1. The Morgan fingerprint density at radius 2 is 1.17 bits per heavy atom. The largest absolute Gasteiger partial charge is 0.450 e. The van der Waals surface area contributed by atoms with E-state index in [1.54, 1.807) is 6.82 Å². The summed E-state index contributed by atoms with van der Waals surface area (Å²) in [5, 5.41) is 18.7. The molecule has 0 aromatic heterocycles. The zero-order valence-corrected chi connectivity index (χ0v) is 15.8. The standard InChI is InChI=1S/C19H41BO3/c1-3-4-5-6-7-8-9-10-11-12-13-14-15-16-19(21)17-18-23-20(2)22/h19,21-22H,3-18H2,1-2H3. The van der Waals surface area contributed by atoms with E-state index in [-0.39, 0.29) is 6.10 Å². The van der Waals surface area contributed by atoms with E-state index in [4.69, 9.17) is 9.68 Å². The highest BCUT2D eigenvalue weighted by atomic mass is 16.5. The van der Waals surface area contributed by atoms with Crippen LogP contribution in [0.5, 0.6) is 0 Å². The van der Waals surface area contributed by atoms with Gasteiger partial charge in [-0.1, -0.05) is 90.4 Å². The quantitative estimate of drug-likeness (QED) is 0.263. The molecule has 0 saturated carbocycles. The fourth-order valence-corrected chi connectivity index (χ4v) is 2.92. The van der Waals surface area contributed by atoms with Crippen LogP contribution in [0.4, 0.5) is 0 Å². The van der Waals surface area contributed by atoms with Gasteiger partial charge in [-0.3, -0.25) is 0 Å². The number of rotatable bonds is 18. The Balaban J connectivity index is 3.09. The van der Waals surface area contributed by atoms with Crippen molar-refractivity contribution in [3.63, 3.8) is 0 Å². The zero-order chi connectivity index (χ0) is 17.2. The molecule has 3 nitrogen and oxygen atoms in total. The molecule has 0 spiro atoms. The van der Waals surface area contributed by atoms with Gasteiger partial charge in [0.2, 0.25) is 0 Å². The predicted octanol–water partition coefficient (Wildman–Crippen LogP) is 5.35. The molecular weight excluding hydrogens is 287 g/mol. The van der Waals surface area contributed by atoms with Crippen LogP contribution in [0, 0.1) is 0 Å². The van der Waals surface area contributed by atoms with Crippen molar-refractivity contribution >= 4 is 7.12 Å². The van der Waals surface area contributed by atoms with Crippen molar-refractivity contribution in [2.24, 2.45) is 0 Å². The third-order valence-electron chi connectivity index (χ3n) is 4.45. The number of hydrogen-bond acceptors (Lipinski definition) is 3. The minimum atomic E-state index is -0.724. The van der Waals surface area contributed by atoms with Gasteiger partial charge in [0.1, 0.15) is 0 Å². The Morgan fingerprint density at radius 1 is 0.739 bits per heavy atom. The second-order valence-electron chi connectivity index (χ2n) is 6.94. The molecule has 0 heterocycles. The van der Waals surface area contributed by atoms with Crippen LogP contribution in [0.1, 0.15) is 103 Å². The molecule has 0 rings (SSSR count). The van der Waals surface area contributed by atoms with E-state index in [1.807, 2.05) is 0 Å². The Bertz CT molecular complexity index is 225. The molecule has 0 amide bonds. The van der Waals surface area contributed by atoms with E-state index >= 15 is 0 Å². The Kier molecular flexibility index (Phi) is 18.2. The van der Waals surface area contributed by atoms with E-state index in [2.05, 4.69) is 6.92 Å². The predicted molar refractivity (Wildman–Crippen MR) is 101 cm³/mol. The summed E-state index contributed by atoms with van der Waals surface area (Å²) >= 11 is 0. The first-order chi connectivity index (χ1) is 11.2. The molecule has 0 aromatic rings. The lowest BCUT2D eigenvalue weighted by Gasteiger charge is -2.11. The van der Waals surface area contributed by atoms with Gasteiger partial charge < -0.3 is 14.8 Å². The topological polar surface area (TPSA) is 49.7 Å². The van der Waals surface area contributed by atoms with Crippen LogP contribution >= 0.6 is 0 Å². The Hall–Kier alpha value is -0.0551. The van der Waals surface area contributed by atoms with Crippen LogP contribution in [-0.2, 0) is 4.65 Å². The second-order valence-corrected chi connectivity index (χ2v) is 6.94. The molecule has 0 saturated heterocycles. The summed E-state index contributed by atoms with van der Waals surface area (Å²) in [6, 6.07) is 0. The maximum absolute atomic E-state index is 9.78. The van der Waals surface area contributed by atoms with E-state index in [1.165, 1.54) is 77.0 Å². The third kappa shape index (κ3) is 19.9. The highest BCUT2D eigenvalue weighted by molar-refractivity contribution is 6.40. The maximum atomic E-state index is 9.78. The van der Waals surface area contributed by atoms with Crippen molar-refractivity contribution < 1.29 is 14.8 Å². The second kappa shape index (κ2) is 18.3. The first kappa shape index (κ1) is 22.9. The molecule has 0 fully saturated rings. The first-order valence-electron chi connectivity index (χ1n) is 10.1. The molecule has 0 radical (unpaired) electrons. The minimum absolute atomic E-state index is 0.276. The number of hydrogen-bond donors (Lipinski definition) is 2. The first-order valence-corrected chi connectivity index (χ1v) is 10.1. The van der Waals surface area contributed by atoms with Crippen molar-refractivity contribution in [3.05, 3.63) is 0 Å². The monoisotopic (exact) mass is 328 g/mol. The molecule has 0 aliphatic rings. The van der Waals surface area contributed by atoms with Gasteiger partial charge in [0.25, 0.3) is 0 Å². The van der Waals surface area contributed by atoms with Crippen molar-refractivity contribution in [3.8, 4) is 0 Å². The molecule has 2 N–H and O–H groups in total. The average Bonchev–Trinajstić information content (AvgIpc) is 2.51. The molecular formula is C19H41BO3. The van der Waals surface area contributed by atoms with Gasteiger partial charge in [0.15, 0.2) is 0 Å². The van der Waals surface area contributed by atoms with Crippen LogP contribution in [-0.4, -0.2) is 30.0 Å². The molecule has 4 heteroatoms. The Labute approximate surface area is 145 Å². The van der Waals surface area contributed by atoms with Gasteiger partial charge in [-0.25, -0.2) is 0 Å². The smallest absolute Gasteiger partial charge is 0.427 e. The summed E-state index contributed by atoms with van der Waals surface area (Å²) < 4.78 is 5.03. The fraction of sp³-hybridized carbons (Fsp3) is 1.00. The summed E-state index contributed by atoms with van der Waals surface area (Å²) in [7, 11) is -0.724. The lowest BCUT2D eigenvalue weighted by atomic mass is 9.96. The van der Waals surface area contributed by atoms with Crippen molar-refractivity contribution in [2.45, 2.75) is 116 Å². The SMILES string of the molecule is CCCCCCCCCCCCCCCC(O)CCOB(C)O. The van der Waals surface area contributed by atoms with Crippen LogP contribution in [0.15, 0.2) is 0 Å². The van der Waals surface area contributed by atoms with Crippen molar-refractivity contribution in [1.29, 1.82) is 0 Å². The molecule has 23 heavy (non-hydrogen) atoms. The normalized spacial score (nSPS) is 12.5.